The first-order valence-corrected chi connectivity index (χ1v) is 9.01. The molecule has 1 aromatic rings. The van der Waals surface area contributed by atoms with Gasteiger partial charge in [-0.2, -0.15) is 0 Å². The second-order valence-electron chi connectivity index (χ2n) is 6.50. The van der Waals surface area contributed by atoms with Gasteiger partial charge in [-0.15, -0.1) is 11.3 Å². The van der Waals surface area contributed by atoms with E-state index in [0.717, 1.165) is 31.0 Å². The van der Waals surface area contributed by atoms with E-state index in [1.807, 2.05) is 11.3 Å². The van der Waals surface area contributed by atoms with Gasteiger partial charge in [0.1, 0.15) is 11.1 Å². The minimum Gasteiger partial charge on any atom is -0.371 e. The summed E-state index contributed by atoms with van der Waals surface area (Å²) in [6.07, 6.45) is 8.29. The highest BCUT2D eigenvalue weighted by molar-refractivity contribution is 7.11. The summed E-state index contributed by atoms with van der Waals surface area (Å²) < 4.78 is 5.99. The van der Waals surface area contributed by atoms with E-state index in [1.165, 1.54) is 54.1 Å². The molecule has 110 valence electrons. The molecule has 0 aliphatic heterocycles. The van der Waals surface area contributed by atoms with Crippen LogP contribution in [0, 0.1) is 5.92 Å². The topological polar surface area (TPSA) is 34.1 Å². The third kappa shape index (κ3) is 2.92. The first-order valence-electron chi connectivity index (χ1n) is 8.19. The number of aromatic nitrogens is 1. The second-order valence-corrected chi connectivity index (χ2v) is 7.62. The molecule has 3 nitrogen and oxygen atoms in total. The Morgan fingerprint density at radius 1 is 1.25 bits per heavy atom. The number of hydrogen-bond acceptors (Lipinski definition) is 4. The summed E-state index contributed by atoms with van der Waals surface area (Å²) in [6, 6.07) is 0.777. The number of nitrogens with one attached hydrogen (secondary N) is 1. The molecule has 0 aromatic carbocycles. The molecule has 1 atom stereocenters. The maximum absolute atomic E-state index is 5.99. The Bertz CT molecular complexity index is 475. The van der Waals surface area contributed by atoms with Crippen LogP contribution in [-0.4, -0.2) is 17.6 Å². The first-order chi connectivity index (χ1) is 9.85. The van der Waals surface area contributed by atoms with Crippen molar-refractivity contribution in [3.63, 3.8) is 0 Å². The van der Waals surface area contributed by atoms with E-state index in [0.29, 0.717) is 0 Å². The van der Waals surface area contributed by atoms with Gasteiger partial charge in [-0.05, 0) is 51.4 Å². The molecular weight excluding hydrogens is 268 g/mol. The molecule has 1 heterocycles. The molecule has 0 saturated heterocycles. The summed E-state index contributed by atoms with van der Waals surface area (Å²) in [6.45, 7) is 3.92. The van der Waals surface area contributed by atoms with Crippen molar-refractivity contribution >= 4 is 11.3 Å². The van der Waals surface area contributed by atoms with Crippen molar-refractivity contribution in [3.05, 3.63) is 15.6 Å². The van der Waals surface area contributed by atoms with Gasteiger partial charge in [0.05, 0.1) is 5.69 Å². The smallest absolute Gasteiger partial charge is 0.122 e. The molecule has 4 heteroatoms. The normalized spacial score (nSPS) is 24.1. The van der Waals surface area contributed by atoms with Crippen LogP contribution < -0.4 is 5.32 Å². The SMILES string of the molecule is CCOC(c1nc(C2CC2)c(CNC2CC2)s1)C1CC1. The second kappa shape index (κ2) is 5.39. The molecule has 1 N–H and O–H groups in total. The van der Waals surface area contributed by atoms with Crippen molar-refractivity contribution in [1.82, 2.24) is 10.3 Å². The molecule has 0 spiro atoms. The number of hydrogen-bond donors (Lipinski definition) is 1. The van der Waals surface area contributed by atoms with Crippen molar-refractivity contribution < 1.29 is 4.74 Å². The summed E-state index contributed by atoms with van der Waals surface area (Å²) in [4.78, 5) is 6.49. The largest absolute Gasteiger partial charge is 0.371 e. The van der Waals surface area contributed by atoms with Crippen molar-refractivity contribution in [3.8, 4) is 0 Å². The fraction of sp³-hybridized carbons (Fsp3) is 0.812. The van der Waals surface area contributed by atoms with Gasteiger partial charge in [0, 0.05) is 30.0 Å². The lowest BCUT2D eigenvalue weighted by molar-refractivity contribution is 0.0461. The molecule has 0 bridgehead atoms. The predicted octanol–water partition coefficient (Wildman–Crippen LogP) is 3.76. The van der Waals surface area contributed by atoms with E-state index in [1.54, 1.807) is 0 Å². The lowest BCUT2D eigenvalue weighted by Crippen LogP contribution is -2.15. The number of thiazole rings is 1. The summed E-state index contributed by atoms with van der Waals surface area (Å²) in [5.41, 5.74) is 1.39. The van der Waals surface area contributed by atoms with Crippen LogP contribution in [0.5, 0.6) is 0 Å². The molecule has 3 aliphatic rings. The van der Waals surface area contributed by atoms with Crippen molar-refractivity contribution in [2.24, 2.45) is 5.92 Å². The number of rotatable bonds is 8. The fourth-order valence-corrected chi connectivity index (χ4v) is 4.06. The lowest BCUT2D eigenvalue weighted by atomic mass is 10.2. The van der Waals surface area contributed by atoms with Crippen LogP contribution in [0.4, 0.5) is 0 Å². The zero-order valence-electron chi connectivity index (χ0n) is 12.2. The highest BCUT2D eigenvalue weighted by Gasteiger charge is 2.37. The van der Waals surface area contributed by atoms with Gasteiger partial charge < -0.3 is 10.1 Å². The number of ether oxygens (including phenoxy) is 1. The van der Waals surface area contributed by atoms with E-state index in [4.69, 9.17) is 9.72 Å². The Labute approximate surface area is 125 Å². The van der Waals surface area contributed by atoms with Crippen LogP contribution >= 0.6 is 11.3 Å². The van der Waals surface area contributed by atoms with E-state index < -0.39 is 0 Å². The standard InChI is InChI=1S/C16H24N2OS/c1-2-19-15(11-5-6-11)16-18-14(10-3-4-10)13(20-16)9-17-12-7-8-12/h10-12,15,17H,2-9H2,1H3. The quantitative estimate of drug-likeness (QED) is 0.792. The van der Waals surface area contributed by atoms with Gasteiger partial charge in [0.2, 0.25) is 0 Å². The van der Waals surface area contributed by atoms with Crippen LogP contribution in [0.15, 0.2) is 0 Å². The van der Waals surface area contributed by atoms with Crippen molar-refractivity contribution in [2.45, 2.75) is 70.1 Å². The molecule has 3 saturated carbocycles. The maximum atomic E-state index is 5.99. The highest BCUT2D eigenvalue weighted by Crippen LogP contribution is 2.48. The first kappa shape index (κ1) is 13.2. The molecule has 1 aromatic heterocycles. The lowest BCUT2D eigenvalue weighted by Gasteiger charge is -2.12. The molecule has 4 rings (SSSR count). The summed E-state index contributed by atoms with van der Waals surface area (Å²) >= 11 is 1.92. The summed E-state index contributed by atoms with van der Waals surface area (Å²) in [5.74, 6) is 1.48. The minimum absolute atomic E-state index is 0.275. The maximum Gasteiger partial charge on any atom is 0.122 e. The average Bonchev–Trinajstić information content (AvgIpc) is 3.31. The van der Waals surface area contributed by atoms with Crippen molar-refractivity contribution in [2.75, 3.05) is 6.61 Å². The van der Waals surface area contributed by atoms with Gasteiger partial charge in [0.25, 0.3) is 0 Å². The summed E-state index contributed by atoms with van der Waals surface area (Å²) in [5, 5.41) is 4.91. The molecular formula is C16H24N2OS. The molecule has 3 fully saturated rings. The molecule has 3 aliphatic carbocycles. The zero-order chi connectivity index (χ0) is 13.5. The Morgan fingerprint density at radius 2 is 2.05 bits per heavy atom. The highest BCUT2D eigenvalue weighted by atomic mass is 32.1. The predicted molar refractivity (Wildman–Crippen MR) is 81.0 cm³/mol. The van der Waals surface area contributed by atoms with Crippen LogP contribution in [-0.2, 0) is 11.3 Å². The zero-order valence-corrected chi connectivity index (χ0v) is 13.0. The van der Waals surface area contributed by atoms with Gasteiger partial charge >= 0.3 is 0 Å². The van der Waals surface area contributed by atoms with Gasteiger partial charge in [-0.1, -0.05) is 0 Å². The fourth-order valence-electron chi connectivity index (χ4n) is 2.82. The Balaban J connectivity index is 1.53. The van der Waals surface area contributed by atoms with Crippen LogP contribution in [0.1, 0.15) is 73.0 Å². The molecule has 20 heavy (non-hydrogen) atoms. The van der Waals surface area contributed by atoms with Gasteiger partial charge in [-0.25, -0.2) is 4.98 Å². The molecule has 0 amide bonds. The van der Waals surface area contributed by atoms with E-state index >= 15 is 0 Å². The summed E-state index contributed by atoms with van der Waals surface area (Å²) in [7, 11) is 0. The Hall–Kier alpha value is -0.450. The van der Waals surface area contributed by atoms with Crippen LogP contribution in [0.3, 0.4) is 0 Å². The van der Waals surface area contributed by atoms with E-state index in [9.17, 15) is 0 Å². The minimum atomic E-state index is 0.275. The molecule has 1 unspecified atom stereocenters. The van der Waals surface area contributed by atoms with Crippen LogP contribution in [0.2, 0.25) is 0 Å². The van der Waals surface area contributed by atoms with E-state index in [-0.39, 0.29) is 6.10 Å². The monoisotopic (exact) mass is 292 g/mol. The van der Waals surface area contributed by atoms with Crippen LogP contribution in [0.25, 0.3) is 0 Å². The van der Waals surface area contributed by atoms with Crippen molar-refractivity contribution in [1.29, 1.82) is 0 Å². The third-order valence-electron chi connectivity index (χ3n) is 4.48. The average molecular weight is 292 g/mol. The molecule has 0 radical (unpaired) electrons. The Morgan fingerprint density at radius 3 is 2.65 bits per heavy atom. The Kier molecular flexibility index (Phi) is 3.57. The van der Waals surface area contributed by atoms with Gasteiger partial charge in [-0.3, -0.25) is 0 Å². The number of nitrogens with zero attached hydrogens (tertiary/aromatic N) is 1. The third-order valence-corrected chi connectivity index (χ3v) is 5.61. The van der Waals surface area contributed by atoms with E-state index in [2.05, 4.69) is 12.2 Å². The van der Waals surface area contributed by atoms with Gasteiger partial charge in [0.15, 0.2) is 0 Å².